The molecule has 20 heavy (non-hydrogen) atoms. The first-order chi connectivity index (χ1) is 9.54. The molecule has 6 heteroatoms. The van der Waals surface area contributed by atoms with Crippen molar-refractivity contribution in [2.45, 2.75) is 0 Å². The van der Waals surface area contributed by atoms with Gasteiger partial charge in [0.25, 0.3) is 0 Å². The Morgan fingerprint density at radius 2 is 1.75 bits per heavy atom. The Morgan fingerprint density at radius 1 is 1.10 bits per heavy atom. The van der Waals surface area contributed by atoms with Crippen molar-refractivity contribution in [2.75, 3.05) is 14.2 Å². The summed E-state index contributed by atoms with van der Waals surface area (Å²) in [6.07, 6.45) is 3.51. The normalized spacial score (nSPS) is 11.5. The Morgan fingerprint density at radius 3 is 2.30 bits per heavy atom. The van der Waals surface area contributed by atoms with E-state index in [9.17, 15) is 9.59 Å². The lowest BCUT2D eigenvalue weighted by Gasteiger charge is -2.09. The van der Waals surface area contributed by atoms with Crippen LogP contribution in [-0.4, -0.2) is 26.2 Å². The Balaban J connectivity index is 3.37. The minimum atomic E-state index is -0.529. The molecule has 4 nitrogen and oxygen atoms in total. The van der Waals surface area contributed by atoms with Crippen molar-refractivity contribution >= 4 is 48.3 Å². The predicted molar refractivity (Wildman–Crippen MR) is 84.1 cm³/mol. The minimum Gasteiger partial charge on any atom is -0.465 e. The Bertz CT molecular complexity index is 577. The summed E-state index contributed by atoms with van der Waals surface area (Å²) in [6, 6.07) is 4.68. The maximum Gasteiger partial charge on any atom is 0.338 e. The molecule has 0 bridgehead atoms. The van der Waals surface area contributed by atoms with E-state index in [1.54, 1.807) is 29.3 Å². The Hall–Kier alpha value is -1.40. The van der Waals surface area contributed by atoms with Gasteiger partial charge in [-0.15, -0.1) is 0 Å². The lowest BCUT2D eigenvalue weighted by atomic mass is 10.0. The zero-order valence-corrected chi connectivity index (χ0v) is 14.0. The molecular formula is C14H12Br2O4. The highest BCUT2D eigenvalue weighted by atomic mass is 79.9. The molecule has 0 unspecified atom stereocenters. The van der Waals surface area contributed by atoms with Gasteiger partial charge in [0.1, 0.15) is 0 Å². The van der Waals surface area contributed by atoms with Gasteiger partial charge in [0.15, 0.2) is 0 Å². The number of hydrogen-bond acceptors (Lipinski definition) is 4. The number of esters is 2. The fourth-order valence-corrected chi connectivity index (χ4v) is 2.14. The summed E-state index contributed by atoms with van der Waals surface area (Å²) < 4.78 is 10.1. The zero-order valence-electron chi connectivity index (χ0n) is 10.9. The highest BCUT2D eigenvalue weighted by Crippen LogP contribution is 2.27. The summed E-state index contributed by atoms with van der Waals surface area (Å²) in [5.41, 5.74) is 1.18. The smallest absolute Gasteiger partial charge is 0.338 e. The van der Waals surface area contributed by atoms with Crippen molar-refractivity contribution in [3.63, 3.8) is 0 Å². The van der Waals surface area contributed by atoms with Gasteiger partial charge in [0.2, 0.25) is 0 Å². The lowest BCUT2D eigenvalue weighted by Crippen LogP contribution is -2.08. The number of hydrogen-bond donors (Lipinski definition) is 0. The third-order valence-electron chi connectivity index (χ3n) is 2.42. The molecule has 1 rings (SSSR count). The summed E-state index contributed by atoms with van der Waals surface area (Å²) in [6.45, 7) is 0. The van der Waals surface area contributed by atoms with Crippen LogP contribution in [0, 0.1) is 0 Å². The maximum atomic E-state index is 11.8. The number of ether oxygens (including phenoxy) is 2. The van der Waals surface area contributed by atoms with E-state index in [0.717, 1.165) is 0 Å². The SMILES string of the molecule is COC(=O)c1ccc(/C(Br)=C/C=C\Br)c(C(=O)OC)c1. The van der Waals surface area contributed by atoms with Crippen molar-refractivity contribution in [1.82, 2.24) is 0 Å². The number of carbonyl (C=O) groups is 2. The molecule has 0 saturated heterocycles. The van der Waals surface area contributed by atoms with Crippen LogP contribution in [0.4, 0.5) is 0 Å². The monoisotopic (exact) mass is 402 g/mol. The summed E-state index contributed by atoms with van der Waals surface area (Å²) in [5, 5.41) is 0. The van der Waals surface area contributed by atoms with Crippen molar-refractivity contribution in [2.24, 2.45) is 0 Å². The fraction of sp³-hybridized carbons (Fsp3) is 0.143. The first-order valence-corrected chi connectivity index (χ1v) is 7.19. The van der Waals surface area contributed by atoms with E-state index in [1.165, 1.54) is 20.3 Å². The second kappa shape index (κ2) is 8.01. The molecule has 0 fully saturated rings. The fourth-order valence-electron chi connectivity index (χ4n) is 1.49. The summed E-state index contributed by atoms with van der Waals surface area (Å²) >= 11 is 6.53. The maximum absolute atomic E-state index is 11.8. The third kappa shape index (κ3) is 4.05. The second-order valence-corrected chi connectivity index (χ2v) is 4.96. The van der Waals surface area contributed by atoms with Gasteiger partial charge in [-0.2, -0.15) is 0 Å². The summed E-state index contributed by atoms with van der Waals surface area (Å²) in [7, 11) is 2.57. The molecule has 0 N–H and O–H groups in total. The van der Waals surface area contributed by atoms with Crippen LogP contribution >= 0.6 is 31.9 Å². The van der Waals surface area contributed by atoms with Crippen LogP contribution in [0.15, 0.2) is 35.3 Å². The predicted octanol–water partition coefficient (Wildman–Crippen LogP) is 3.90. The molecule has 0 spiro atoms. The van der Waals surface area contributed by atoms with Gasteiger partial charge in [-0.1, -0.05) is 44.0 Å². The second-order valence-electron chi connectivity index (χ2n) is 3.58. The largest absolute Gasteiger partial charge is 0.465 e. The van der Waals surface area contributed by atoms with Gasteiger partial charge in [-0.25, -0.2) is 9.59 Å². The van der Waals surface area contributed by atoms with E-state index in [1.807, 2.05) is 0 Å². The number of benzene rings is 1. The number of halogens is 2. The van der Waals surface area contributed by atoms with Gasteiger partial charge in [0.05, 0.1) is 25.3 Å². The van der Waals surface area contributed by atoms with Gasteiger partial charge in [-0.3, -0.25) is 0 Å². The Labute approximate surface area is 133 Å². The number of allylic oxidation sites excluding steroid dienone is 2. The average Bonchev–Trinajstić information content (AvgIpc) is 2.50. The molecule has 0 aliphatic carbocycles. The molecule has 0 amide bonds. The van der Waals surface area contributed by atoms with Crippen LogP contribution in [0.1, 0.15) is 26.3 Å². The molecule has 0 aromatic heterocycles. The van der Waals surface area contributed by atoms with Gasteiger partial charge in [-0.05, 0) is 23.2 Å². The van der Waals surface area contributed by atoms with Crippen LogP contribution in [0.25, 0.3) is 4.48 Å². The summed E-state index contributed by atoms with van der Waals surface area (Å²) in [5.74, 6) is -1.04. The van der Waals surface area contributed by atoms with Crippen molar-refractivity contribution in [3.05, 3.63) is 52.0 Å². The Kier molecular flexibility index (Phi) is 6.67. The molecule has 0 atom stereocenters. The minimum absolute atomic E-state index is 0.279. The molecule has 0 aliphatic heterocycles. The number of carbonyl (C=O) groups excluding carboxylic acids is 2. The lowest BCUT2D eigenvalue weighted by molar-refractivity contribution is 0.0599. The topological polar surface area (TPSA) is 52.6 Å². The van der Waals surface area contributed by atoms with Crippen LogP contribution in [0.2, 0.25) is 0 Å². The highest BCUT2D eigenvalue weighted by Gasteiger charge is 2.17. The summed E-state index contributed by atoms with van der Waals surface area (Å²) in [4.78, 5) is 25.0. The number of methoxy groups -OCH3 is 2. The van der Waals surface area contributed by atoms with Crippen LogP contribution in [-0.2, 0) is 9.47 Å². The standard InChI is InChI=1S/C14H12Br2O4/c1-19-13(17)9-5-6-10(12(16)4-3-7-15)11(8-9)14(18)20-2/h3-8H,1-2H3/b7-3-,12-4-. The van der Waals surface area contributed by atoms with E-state index in [4.69, 9.17) is 4.74 Å². The molecule has 1 aromatic carbocycles. The molecule has 106 valence electrons. The molecule has 0 saturated carbocycles. The van der Waals surface area contributed by atoms with E-state index in [-0.39, 0.29) is 11.1 Å². The highest BCUT2D eigenvalue weighted by molar-refractivity contribution is 9.15. The van der Waals surface area contributed by atoms with Gasteiger partial charge >= 0.3 is 11.9 Å². The molecule has 0 heterocycles. The van der Waals surface area contributed by atoms with Crippen molar-refractivity contribution in [1.29, 1.82) is 0 Å². The zero-order chi connectivity index (χ0) is 15.1. The molecule has 0 aliphatic rings. The average molecular weight is 404 g/mol. The molecule has 0 radical (unpaired) electrons. The first kappa shape index (κ1) is 16.7. The van der Waals surface area contributed by atoms with E-state index < -0.39 is 11.9 Å². The third-order valence-corrected chi connectivity index (χ3v) is 3.42. The van der Waals surface area contributed by atoms with Crippen LogP contribution < -0.4 is 0 Å². The number of rotatable bonds is 4. The first-order valence-electron chi connectivity index (χ1n) is 5.48. The van der Waals surface area contributed by atoms with Gasteiger partial charge < -0.3 is 9.47 Å². The van der Waals surface area contributed by atoms with E-state index >= 15 is 0 Å². The van der Waals surface area contributed by atoms with Crippen LogP contribution in [0.3, 0.4) is 0 Å². The quantitative estimate of drug-likeness (QED) is 0.565. The van der Waals surface area contributed by atoms with Crippen molar-refractivity contribution < 1.29 is 19.1 Å². The molecular weight excluding hydrogens is 392 g/mol. The van der Waals surface area contributed by atoms with Crippen LogP contribution in [0.5, 0.6) is 0 Å². The van der Waals surface area contributed by atoms with E-state index in [0.29, 0.717) is 10.0 Å². The van der Waals surface area contributed by atoms with Gasteiger partial charge in [0, 0.05) is 10.0 Å². The van der Waals surface area contributed by atoms with E-state index in [2.05, 4.69) is 36.6 Å². The van der Waals surface area contributed by atoms with Crippen molar-refractivity contribution in [3.8, 4) is 0 Å². The molecule has 1 aromatic rings.